The lowest BCUT2D eigenvalue weighted by Crippen LogP contribution is -2.43. The molecule has 0 heterocycles. The second-order valence-corrected chi connectivity index (χ2v) is 4.29. The Balaban J connectivity index is 2.73. The number of carbonyl (C=O) groups is 2. The van der Waals surface area contributed by atoms with Crippen LogP contribution >= 0.6 is 0 Å². The van der Waals surface area contributed by atoms with E-state index in [9.17, 15) is 22.8 Å². The molecule has 0 aromatic heterocycles. The van der Waals surface area contributed by atoms with Gasteiger partial charge in [-0.25, -0.2) is 0 Å². The summed E-state index contributed by atoms with van der Waals surface area (Å²) in [6.45, 7) is 1.37. The minimum absolute atomic E-state index is 0.137. The molecule has 1 aromatic rings. The van der Waals surface area contributed by atoms with Crippen LogP contribution in [0.3, 0.4) is 0 Å². The molecule has 0 bridgehead atoms. The lowest BCUT2D eigenvalue weighted by molar-refractivity contribution is -0.137. The second kappa shape index (κ2) is 7.07. The van der Waals surface area contributed by atoms with Gasteiger partial charge in [-0.1, -0.05) is 13.0 Å². The fourth-order valence-corrected chi connectivity index (χ4v) is 1.49. The number of rotatable bonds is 4. The first-order valence-electron chi connectivity index (χ1n) is 6.18. The van der Waals surface area contributed by atoms with E-state index >= 15 is 0 Å². The summed E-state index contributed by atoms with van der Waals surface area (Å²) in [6, 6.07) is 3.37. The van der Waals surface area contributed by atoms with Gasteiger partial charge in [0.05, 0.1) is 18.2 Å². The SMILES string of the molecule is CCC(CO)NC(=O)C(=O)Nc1cccc(C(F)(F)F)c1. The Labute approximate surface area is 119 Å². The quantitative estimate of drug-likeness (QED) is 0.738. The third-order valence-corrected chi connectivity index (χ3v) is 2.70. The van der Waals surface area contributed by atoms with E-state index in [-0.39, 0.29) is 12.3 Å². The highest BCUT2D eigenvalue weighted by Gasteiger charge is 2.30. The van der Waals surface area contributed by atoms with Crippen LogP contribution in [0.5, 0.6) is 0 Å². The molecule has 1 rings (SSSR count). The number of benzene rings is 1. The molecule has 2 amide bonds. The van der Waals surface area contributed by atoms with Crippen molar-refractivity contribution in [2.75, 3.05) is 11.9 Å². The van der Waals surface area contributed by atoms with E-state index < -0.39 is 29.6 Å². The Morgan fingerprint density at radius 1 is 1.29 bits per heavy atom. The third kappa shape index (κ3) is 5.07. The van der Waals surface area contributed by atoms with E-state index in [1.165, 1.54) is 6.07 Å². The number of nitrogens with one attached hydrogen (secondary N) is 2. The van der Waals surface area contributed by atoms with Crippen LogP contribution in [0, 0.1) is 0 Å². The number of alkyl halides is 3. The van der Waals surface area contributed by atoms with Crippen LogP contribution in [0.4, 0.5) is 18.9 Å². The number of amides is 2. The third-order valence-electron chi connectivity index (χ3n) is 2.70. The van der Waals surface area contributed by atoms with Gasteiger partial charge < -0.3 is 15.7 Å². The summed E-state index contributed by atoms with van der Waals surface area (Å²) >= 11 is 0. The van der Waals surface area contributed by atoms with Gasteiger partial charge in [0.2, 0.25) is 0 Å². The van der Waals surface area contributed by atoms with Crippen molar-refractivity contribution >= 4 is 17.5 Å². The Bertz CT molecular complexity index is 514. The van der Waals surface area contributed by atoms with Gasteiger partial charge in [-0.3, -0.25) is 9.59 Å². The van der Waals surface area contributed by atoms with E-state index in [4.69, 9.17) is 5.11 Å². The van der Waals surface area contributed by atoms with E-state index in [0.717, 1.165) is 18.2 Å². The number of carbonyl (C=O) groups excluding carboxylic acids is 2. The van der Waals surface area contributed by atoms with Crippen molar-refractivity contribution < 1.29 is 27.9 Å². The van der Waals surface area contributed by atoms with Gasteiger partial charge in [0.25, 0.3) is 0 Å². The first-order chi connectivity index (χ1) is 9.77. The monoisotopic (exact) mass is 304 g/mol. The van der Waals surface area contributed by atoms with Crippen LogP contribution in [0.15, 0.2) is 24.3 Å². The number of hydrogen-bond acceptors (Lipinski definition) is 3. The van der Waals surface area contributed by atoms with Crippen molar-refractivity contribution in [1.29, 1.82) is 0 Å². The minimum atomic E-state index is -4.53. The van der Waals surface area contributed by atoms with E-state index in [2.05, 4.69) is 10.6 Å². The number of halogens is 3. The Hall–Kier alpha value is -2.09. The summed E-state index contributed by atoms with van der Waals surface area (Å²) in [6.07, 6.45) is -4.12. The molecule has 116 valence electrons. The second-order valence-electron chi connectivity index (χ2n) is 4.29. The van der Waals surface area contributed by atoms with Gasteiger partial charge >= 0.3 is 18.0 Å². The average Bonchev–Trinajstić information content (AvgIpc) is 2.43. The summed E-state index contributed by atoms with van der Waals surface area (Å²) in [5, 5.41) is 13.2. The summed E-state index contributed by atoms with van der Waals surface area (Å²) in [7, 11) is 0. The van der Waals surface area contributed by atoms with E-state index in [0.29, 0.717) is 6.42 Å². The van der Waals surface area contributed by atoms with Crippen LogP contribution in [0.1, 0.15) is 18.9 Å². The molecule has 0 saturated carbocycles. The first-order valence-corrected chi connectivity index (χ1v) is 6.18. The standard InChI is InChI=1S/C13H15F3N2O3/c1-2-9(7-19)17-11(20)12(21)18-10-5-3-4-8(6-10)13(14,15)16/h3-6,9,19H,2,7H2,1H3,(H,17,20)(H,18,21). The molecule has 0 radical (unpaired) electrons. The number of aliphatic hydroxyl groups is 1. The van der Waals surface area contributed by atoms with E-state index in [1.54, 1.807) is 6.92 Å². The van der Waals surface area contributed by atoms with Crippen molar-refractivity contribution in [2.45, 2.75) is 25.6 Å². The molecular weight excluding hydrogens is 289 g/mol. The van der Waals surface area contributed by atoms with Crippen molar-refractivity contribution in [3.8, 4) is 0 Å². The van der Waals surface area contributed by atoms with Crippen molar-refractivity contribution in [3.05, 3.63) is 29.8 Å². The molecule has 0 aliphatic heterocycles. The Morgan fingerprint density at radius 3 is 2.48 bits per heavy atom. The largest absolute Gasteiger partial charge is 0.416 e. The fourth-order valence-electron chi connectivity index (χ4n) is 1.49. The topological polar surface area (TPSA) is 78.4 Å². The van der Waals surface area contributed by atoms with Gasteiger partial charge in [0, 0.05) is 5.69 Å². The molecule has 0 saturated heterocycles. The normalized spacial score (nSPS) is 12.6. The molecule has 1 unspecified atom stereocenters. The molecule has 5 nitrogen and oxygen atoms in total. The number of aliphatic hydroxyl groups excluding tert-OH is 1. The van der Waals surface area contributed by atoms with Crippen molar-refractivity contribution in [3.63, 3.8) is 0 Å². The van der Waals surface area contributed by atoms with Gasteiger partial charge in [0.15, 0.2) is 0 Å². The summed E-state index contributed by atoms with van der Waals surface area (Å²) in [5.74, 6) is -2.12. The maximum atomic E-state index is 12.5. The van der Waals surface area contributed by atoms with E-state index in [1.807, 2.05) is 0 Å². The lowest BCUT2D eigenvalue weighted by Gasteiger charge is -2.14. The van der Waals surface area contributed by atoms with Crippen LogP contribution in [0.25, 0.3) is 0 Å². The lowest BCUT2D eigenvalue weighted by atomic mass is 10.2. The molecule has 3 N–H and O–H groups in total. The van der Waals surface area contributed by atoms with Crippen LogP contribution in [-0.4, -0.2) is 29.6 Å². The Morgan fingerprint density at radius 2 is 1.95 bits per heavy atom. The van der Waals surface area contributed by atoms with Gasteiger partial charge in [-0.15, -0.1) is 0 Å². The highest BCUT2D eigenvalue weighted by molar-refractivity contribution is 6.39. The zero-order valence-electron chi connectivity index (χ0n) is 11.2. The summed E-state index contributed by atoms with van der Waals surface area (Å²) in [5.41, 5.74) is -1.07. The molecule has 8 heteroatoms. The molecule has 0 fully saturated rings. The highest BCUT2D eigenvalue weighted by atomic mass is 19.4. The summed E-state index contributed by atoms with van der Waals surface area (Å²) in [4.78, 5) is 23.1. The van der Waals surface area contributed by atoms with Gasteiger partial charge in [-0.2, -0.15) is 13.2 Å². The van der Waals surface area contributed by atoms with Crippen LogP contribution < -0.4 is 10.6 Å². The van der Waals surface area contributed by atoms with Crippen LogP contribution in [0.2, 0.25) is 0 Å². The summed E-state index contributed by atoms with van der Waals surface area (Å²) < 4.78 is 37.5. The number of anilines is 1. The molecule has 1 atom stereocenters. The van der Waals surface area contributed by atoms with Crippen LogP contribution in [-0.2, 0) is 15.8 Å². The average molecular weight is 304 g/mol. The predicted molar refractivity (Wildman–Crippen MR) is 69.4 cm³/mol. The fraction of sp³-hybridized carbons (Fsp3) is 0.385. The van der Waals surface area contributed by atoms with Gasteiger partial charge in [-0.05, 0) is 24.6 Å². The maximum Gasteiger partial charge on any atom is 0.416 e. The predicted octanol–water partition coefficient (Wildman–Crippen LogP) is 1.53. The first kappa shape index (κ1) is 17.0. The number of hydrogen-bond donors (Lipinski definition) is 3. The molecule has 0 aliphatic rings. The molecular formula is C13H15F3N2O3. The molecule has 0 spiro atoms. The zero-order chi connectivity index (χ0) is 16.0. The van der Waals surface area contributed by atoms with Crippen molar-refractivity contribution in [1.82, 2.24) is 5.32 Å². The smallest absolute Gasteiger partial charge is 0.394 e. The molecule has 21 heavy (non-hydrogen) atoms. The highest BCUT2D eigenvalue weighted by Crippen LogP contribution is 2.30. The molecule has 1 aromatic carbocycles. The zero-order valence-corrected chi connectivity index (χ0v) is 11.2. The maximum absolute atomic E-state index is 12.5. The minimum Gasteiger partial charge on any atom is -0.394 e. The molecule has 0 aliphatic carbocycles. The Kier molecular flexibility index (Phi) is 5.71. The van der Waals surface area contributed by atoms with Gasteiger partial charge in [0.1, 0.15) is 0 Å². The van der Waals surface area contributed by atoms with Crippen molar-refractivity contribution in [2.24, 2.45) is 0 Å².